The van der Waals surface area contributed by atoms with Crippen molar-refractivity contribution < 1.29 is 8.42 Å². The van der Waals surface area contributed by atoms with Gasteiger partial charge in [-0.1, -0.05) is 12.1 Å². The number of aromatic nitrogens is 2. The highest BCUT2D eigenvalue weighted by molar-refractivity contribution is 7.90. The summed E-state index contributed by atoms with van der Waals surface area (Å²) in [5.74, 6) is 0. The summed E-state index contributed by atoms with van der Waals surface area (Å²) in [6.07, 6.45) is 4.89. The zero-order valence-electron chi connectivity index (χ0n) is 14.7. The highest BCUT2D eigenvalue weighted by Gasteiger charge is 2.18. The Labute approximate surface area is 153 Å². The van der Waals surface area contributed by atoms with Gasteiger partial charge in [0.25, 0.3) is 0 Å². The van der Waals surface area contributed by atoms with E-state index in [0.29, 0.717) is 4.90 Å². The second-order valence-corrected chi connectivity index (χ2v) is 8.84. The van der Waals surface area contributed by atoms with Gasteiger partial charge in [-0.15, -0.1) is 0 Å². The smallest absolute Gasteiger partial charge is 0.175 e. The summed E-state index contributed by atoms with van der Waals surface area (Å²) in [6, 6.07) is 13.3. The standard InChI is InChI=1S/C20H21N3O2S/c1-26(24,25)17-6-4-15(5-7-17)8-11-23-12-9-18-16(14-23)13-20-19(22-18)3-2-10-21-20/h2-7,10,13H,8-9,11-12,14H2,1H3. The quantitative estimate of drug-likeness (QED) is 0.709. The molecule has 0 fully saturated rings. The van der Waals surface area contributed by atoms with Crippen molar-refractivity contribution in [2.24, 2.45) is 0 Å². The van der Waals surface area contributed by atoms with Crippen molar-refractivity contribution in [3.8, 4) is 0 Å². The van der Waals surface area contributed by atoms with E-state index in [1.54, 1.807) is 18.3 Å². The van der Waals surface area contributed by atoms with Crippen LogP contribution >= 0.6 is 0 Å². The summed E-state index contributed by atoms with van der Waals surface area (Å²) in [4.78, 5) is 12.0. The van der Waals surface area contributed by atoms with Crippen LogP contribution in [0, 0.1) is 0 Å². The molecule has 0 aliphatic carbocycles. The Morgan fingerprint density at radius 1 is 1.12 bits per heavy atom. The number of hydrogen-bond acceptors (Lipinski definition) is 5. The highest BCUT2D eigenvalue weighted by Crippen LogP contribution is 2.21. The molecule has 0 bridgehead atoms. The van der Waals surface area contributed by atoms with Gasteiger partial charge < -0.3 is 0 Å². The monoisotopic (exact) mass is 367 g/mol. The number of benzene rings is 1. The summed E-state index contributed by atoms with van der Waals surface area (Å²) in [5, 5.41) is 0. The molecule has 0 unspecified atom stereocenters. The molecular formula is C20H21N3O2S. The van der Waals surface area contributed by atoms with Gasteiger partial charge in [-0.05, 0) is 47.9 Å². The zero-order chi connectivity index (χ0) is 18.1. The van der Waals surface area contributed by atoms with E-state index >= 15 is 0 Å². The van der Waals surface area contributed by atoms with Crippen LogP contribution in [0.2, 0.25) is 0 Å². The fourth-order valence-electron chi connectivity index (χ4n) is 3.40. The molecule has 5 nitrogen and oxygen atoms in total. The SMILES string of the molecule is CS(=O)(=O)c1ccc(CCN2CCc3nc4cccnc4cc3C2)cc1. The van der Waals surface area contributed by atoms with E-state index in [1.165, 1.54) is 17.5 Å². The summed E-state index contributed by atoms with van der Waals surface area (Å²) in [6.45, 7) is 2.82. The Morgan fingerprint density at radius 3 is 2.69 bits per heavy atom. The maximum atomic E-state index is 11.5. The van der Waals surface area contributed by atoms with Crippen LogP contribution in [0.1, 0.15) is 16.8 Å². The van der Waals surface area contributed by atoms with Crippen LogP contribution in [0.5, 0.6) is 0 Å². The van der Waals surface area contributed by atoms with Crippen LogP contribution in [0.4, 0.5) is 0 Å². The number of sulfone groups is 1. The second-order valence-electron chi connectivity index (χ2n) is 6.83. The minimum Gasteiger partial charge on any atom is -0.298 e. The fourth-order valence-corrected chi connectivity index (χ4v) is 4.03. The lowest BCUT2D eigenvalue weighted by Gasteiger charge is -2.28. The van der Waals surface area contributed by atoms with Crippen LogP contribution in [-0.4, -0.2) is 42.6 Å². The molecule has 0 saturated heterocycles. The summed E-state index contributed by atoms with van der Waals surface area (Å²) in [5.41, 5.74) is 5.51. The average Bonchev–Trinajstić information content (AvgIpc) is 2.64. The van der Waals surface area contributed by atoms with Gasteiger partial charge in [-0.2, -0.15) is 0 Å². The molecule has 1 aliphatic rings. The Bertz CT molecular complexity index is 1050. The molecule has 3 heterocycles. The van der Waals surface area contributed by atoms with Gasteiger partial charge in [0.15, 0.2) is 9.84 Å². The predicted molar refractivity (Wildman–Crippen MR) is 102 cm³/mol. The van der Waals surface area contributed by atoms with Crippen molar-refractivity contribution in [3.63, 3.8) is 0 Å². The minimum atomic E-state index is -3.13. The van der Waals surface area contributed by atoms with Gasteiger partial charge in [-0.25, -0.2) is 8.42 Å². The summed E-state index contributed by atoms with van der Waals surface area (Å²) >= 11 is 0. The van der Waals surface area contributed by atoms with E-state index in [9.17, 15) is 8.42 Å². The molecule has 0 spiro atoms. The van der Waals surface area contributed by atoms with E-state index in [-0.39, 0.29) is 0 Å². The van der Waals surface area contributed by atoms with Crippen LogP contribution < -0.4 is 0 Å². The molecule has 6 heteroatoms. The Balaban J connectivity index is 1.43. The molecule has 0 N–H and O–H groups in total. The molecule has 0 amide bonds. The van der Waals surface area contributed by atoms with E-state index in [1.807, 2.05) is 24.3 Å². The normalized spacial score (nSPS) is 15.1. The molecule has 26 heavy (non-hydrogen) atoms. The van der Waals surface area contributed by atoms with Gasteiger partial charge in [0, 0.05) is 44.2 Å². The third-order valence-corrected chi connectivity index (χ3v) is 6.01. The first-order valence-corrected chi connectivity index (χ1v) is 10.6. The molecule has 2 aromatic heterocycles. The predicted octanol–water partition coefficient (Wildman–Crippen LogP) is 2.63. The van der Waals surface area contributed by atoms with Crippen molar-refractivity contribution in [1.82, 2.24) is 14.9 Å². The van der Waals surface area contributed by atoms with E-state index in [0.717, 1.165) is 49.1 Å². The first kappa shape index (κ1) is 17.1. The van der Waals surface area contributed by atoms with Gasteiger partial charge in [0.2, 0.25) is 0 Å². The average molecular weight is 367 g/mol. The maximum absolute atomic E-state index is 11.5. The van der Waals surface area contributed by atoms with Crippen molar-refractivity contribution >= 4 is 20.9 Å². The Kier molecular flexibility index (Phi) is 4.46. The number of hydrogen-bond donors (Lipinski definition) is 0. The summed E-state index contributed by atoms with van der Waals surface area (Å²) in [7, 11) is -3.13. The number of pyridine rings is 2. The first-order chi connectivity index (χ1) is 12.5. The Morgan fingerprint density at radius 2 is 1.92 bits per heavy atom. The molecule has 0 radical (unpaired) electrons. The molecule has 134 valence electrons. The fraction of sp³-hybridized carbons (Fsp3) is 0.300. The van der Waals surface area contributed by atoms with Crippen LogP contribution in [0.3, 0.4) is 0 Å². The molecule has 0 atom stereocenters. The lowest BCUT2D eigenvalue weighted by atomic mass is 10.0. The number of rotatable bonds is 4. The topological polar surface area (TPSA) is 63.2 Å². The number of fused-ring (bicyclic) bond motifs is 2. The molecule has 4 rings (SSSR count). The minimum absolute atomic E-state index is 0.374. The molecule has 1 aromatic carbocycles. The third-order valence-electron chi connectivity index (χ3n) is 4.88. The van der Waals surface area contributed by atoms with Crippen molar-refractivity contribution in [1.29, 1.82) is 0 Å². The van der Waals surface area contributed by atoms with E-state index in [4.69, 9.17) is 4.98 Å². The van der Waals surface area contributed by atoms with E-state index in [2.05, 4.69) is 16.0 Å². The zero-order valence-corrected chi connectivity index (χ0v) is 15.5. The van der Waals surface area contributed by atoms with Gasteiger partial charge in [0.1, 0.15) is 0 Å². The molecule has 0 saturated carbocycles. The molecule has 1 aliphatic heterocycles. The Hall–Kier alpha value is -2.31. The lowest BCUT2D eigenvalue weighted by Crippen LogP contribution is -2.32. The van der Waals surface area contributed by atoms with Crippen molar-refractivity contribution in [2.75, 3.05) is 19.3 Å². The van der Waals surface area contributed by atoms with Crippen molar-refractivity contribution in [2.45, 2.75) is 24.3 Å². The first-order valence-electron chi connectivity index (χ1n) is 8.74. The third kappa shape index (κ3) is 3.61. The van der Waals surface area contributed by atoms with Crippen LogP contribution in [0.15, 0.2) is 53.6 Å². The largest absolute Gasteiger partial charge is 0.298 e. The van der Waals surface area contributed by atoms with Crippen LogP contribution in [0.25, 0.3) is 11.0 Å². The van der Waals surface area contributed by atoms with Gasteiger partial charge >= 0.3 is 0 Å². The van der Waals surface area contributed by atoms with E-state index < -0.39 is 9.84 Å². The maximum Gasteiger partial charge on any atom is 0.175 e. The number of nitrogens with zero attached hydrogens (tertiary/aromatic N) is 3. The lowest BCUT2D eigenvalue weighted by molar-refractivity contribution is 0.255. The van der Waals surface area contributed by atoms with Crippen molar-refractivity contribution in [3.05, 3.63) is 65.5 Å². The highest BCUT2D eigenvalue weighted by atomic mass is 32.2. The van der Waals surface area contributed by atoms with Gasteiger partial charge in [0.05, 0.1) is 15.9 Å². The summed E-state index contributed by atoms with van der Waals surface area (Å²) < 4.78 is 23.1. The molecule has 3 aromatic rings. The molecular weight excluding hydrogens is 346 g/mol. The second kappa shape index (κ2) is 6.78. The van der Waals surface area contributed by atoms with Gasteiger partial charge in [-0.3, -0.25) is 14.9 Å². The van der Waals surface area contributed by atoms with Crippen LogP contribution in [-0.2, 0) is 29.2 Å².